The minimum absolute atomic E-state index is 0.00225. The molecule has 33 heavy (non-hydrogen) atoms. The fourth-order valence-corrected chi connectivity index (χ4v) is 2.82. The first-order valence-electron chi connectivity index (χ1n) is 11.1. The van der Waals surface area contributed by atoms with Crippen LogP contribution in [0.1, 0.15) is 54.4 Å². The molecule has 0 aromatic carbocycles. The van der Waals surface area contributed by atoms with E-state index in [0.717, 1.165) is 6.42 Å². The molecule has 10 nitrogen and oxygen atoms in total. The fraction of sp³-hybridized carbons (Fsp3) is 0.739. The number of alkyl carbamates (subject to hydrolysis) is 2. The first-order chi connectivity index (χ1) is 15.3. The van der Waals surface area contributed by atoms with E-state index in [2.05, 4.69) is 31.1 Å². The highest BCUT2D eigenvalue weighted by atomic mass is 16.6. The summed E-state index contributed by atoms with van der Waals surface area (Å²) in [6, 6.07) is 0. The number of amides is 2. The van der Waals surface area contributed by atoms with Crippen molar-refractivity contribution in [3.63, 3.8) is 0 Å². The van der Waals surface area contributed by atoms with Gasteiger partial charge in [-0.05, 0) is 31.1 Å². The van der Waals surface area contributed by atoms with E-state index < -0.39 is 18.2 Å². The van der Waals surface area contributed by atoms with Crippen molar-refractivity contribution < 1.29 is 38.1 Å². The number of hydrogen-bond donors (Lipinski definition) is 2. The van der Waals surface area contributed by atoms with Crippen molar-refractivity contribution in [1.29, 1.82) is 0 Å². The molecule has 0 saturated carbocycles. The summed E-state index contributed by atoms with van der Waals surface area (Å²) in [4.78, 5) is 46.0. The zero-order chi connectivity index (χ0) is 25.4. The van der Waals surface area contributed by atoms with Crippen LogP contribution >= 0.6 is 0 Å². The molecule has 2 amide bonds. The third-order valence-electron chi connectivity index (χ3n) is 4.50. The van der Waals surface area contributed by atoms with Gasteiger partial charge in [-0.15, -0.1) is 0 Å². The molecule has 0 fully saturated rings. The average molecular weight is 473 g/mol. The summed E-state index contributed by atoms with van der Waals surface area (Å²) in [5, 5.41) is 5.37. The van der Waals surface area contributed by atoms with Crippen molar-refractivity contribution in [2.24, 2.45) is 17.3 Å². The molecule has 0 saturated heterocycles. The van der Waals surface area contributed by atoms with Crippen LogP contribution in [-0.2, 0) is 28.5 Å². The molecule has 0 heterocycles. The topological polar surface area (TPSA) is 129 Å². The molecule has 190 valence electrons. The third kappa shape index (κ3) is 16.5. The lowest BCUT2D eigenvalue weighted by Gasteiger charge is -2.28. The van der Waals surface area contributed by atoms with Crippen LogP contribution in [-0.4, -0.2) is 63.6 Å². The van der Waals surface area contributed by atoms with Gasteiger partial charge in [-0.2, -0.15) is 0 Å². The van der Waals surface area contributed by atoms with Crippen LogP contribution in [0.25, 0.3) is 0 Å². The van der Waals surface area contributed by atoms with Crippen LogP contribution < -0.4 is 10.6 Å². The quantitative estimate of drug-likeness (QED) is 0.161. The van der Waals surface area contributed by atoms with Gasteiger partial charge in [0.25, 0.3) is 0 Å². The highest BCUT2D eigenvalue weighted by molar-refractivity contribution is 5.86. The summed E-state index contributed by atoms with van der Waals surface area (Å²) >= 11 is 0. The number of rotatable bonds is 15. The first-order valence-corrected chi connectivity index (χ1v) is 11.1. The normalized spacial score (nSPS) is 11.8. The first kappa shape index (κ1) is 30.2. The maximum atomic E-state index is 11.8. The van der Waals surface area contributed by atoms with E-state index in [1.807, 2.05) is 6.92 Å². The Morgan fingerprint density at radius 1 is 0.848 bits per heavy atom. The predicted octanol–water partition coefficient (Wildman–Crippen LogP) is 3.20. The fourth-order valence-electron chi connectivity index (χ4n) is 2.82. The zero-order valence-electron chi connectivity index (χ0n) is 20.8. The Morgan fingerprint density at radius 2 is 1.36 bits per heavy atom. The average Bonchev–Trinajstić information content (AvgIpc) is 2.71. The van der Waals surface area contributed by atoms with Crippen LogP contribution in [0, 0.1) is 17.3 Å². The number of ether oxygens (including phenoxy) is 4. The number of nitrogens with one attached hydrogen (secondary N) is 2. The number of hydrogen-bond acceptors (Lipinski definition) is 8. The van der Waals surface area contributed by atoms with Crippen LogP contribution in [0.4, 0.5) is 9.59 Å². The van der Waals surface area contributed by atoms with E-state index in [9.17, 15) is 19.2 Å². The van der Waals surface area contributed by atoms with Crippen molar-refractivity contribution in [3.8, 4) is 0 Å². The van der Waals surface area contributed by atoms with Gasteiger partial charge in [0.05, 0.1) is 5.92 Å². The maximum absolute atomic E-state index is 11.8. The molecule has 1 atom stereocenters. The largest absolute Gasteiger partial charge is 0.462 e. The summed E-state index contributed by atoms with van der Waals surface area (Å²) < 4.78 is 19.7. The van der Waals surface area contributed by atoms with Gasteiger partial charge in [0, 0.05) is 18.7 Å². The van der Waals surface area contributed by atoms with Gasteiger partial charge in [-0.3, -0.25) is 4.79 Å². The molecule has 0 aliphatic carbocycles. The molecule has 0 radical (unpaired) electrons. The molecule has 10 heteroatoms. The molecule has 1 unspecified atom stereocenters. The lowest BCUT2D eigenvalue weighted by atomic mass is 9.80. The minimum atomic E-state index is -0.575. The summed E-state index contributed by atoms with van der Waals surface area (Å²) in [6.45, 7) is 15.5. The van der Waals surface area contributed by atoms with Gasteiger partial charge >= 0.3 is 24.1 Å². The second-order valence-electron chi connectivity index (χ2n) is 9.04. The van der Waals surface area contributed by atoms with Crippen molar-refractivity contribution in [2.45, 2.75) is 54.4 Å². The zero-order valence-corrected chi connectivity index (χ0v) is 20.8. The summed E-state index contributed by atoms with van der Waals surface area (Å²) in [5.41, 5.74) is 0.202. The van der Waals surface area contributed by atoms with Gasteiger partial charge in [0.1, 0.15) is 26.4 Å². The summed E-state index contributed by atoms with van der Waals surface area (Å²) in [5.74, 6) is -0.894. The number of carbonyl (C=O) groups excluding carboxylic acids is 4. The Labute approximate surface area is 196 Å². The Hall–Kier alpha value is -2.78. The van der Waals surface area contributed by atoms with E-state index in [1.54, 1.807) is 13.8 Å². The lowest BCUT2D eigenvalue weighted by molar-refractivity contribution is -0.148. The highest BCUT2D eigenvalue weighted by Gasteiger charge is 2.22. The lowest BCUT2D eigenvalue weighted by Crippen LogP contribution is -2.33. The highest BCUT2D eigenvalue weighted by Crippen LogP contribution is 2.28. The molecule has 0 aromatic heterocycles. The summed E-state index contributed by atoms with van der Waals surface area (Å²) in [7, 11) is 0. The van der Waals surface area contributed by atoms with E-state index in [4.69, 9.17) is 18.9 Å². The number of esters is 2. The minimum Gasteiger partial charge on any atom is -0.462 e. The third-order valence-corrected chi connectivity index (χ3v) is 4.50. The Bertz CT molecular complexity index is 661. The molecule has 0 bridgehead atoms. The molecule has 0 aliphatic rings. The second kappa shape index (κ2) is 15.9. The summed E-state index contributed by atoms with van der Waals surface area (Å²) in [6.07, 6.45) is 0.391. The van der Waals surface area contributed by atoms with Crippen LogP contribution in [0.5, 0.6) is 0 Å². The van der Waals surface area contributed by atoms with Crippen molar-refractivity contribution in [3.05, 3.63) is 12.2 Å². The molecular formula is C23H40N2O8. The molecule has 0 aliphatic heterocycles. The van der Waals surface area contributed by atoms with Gasteiger partial charge in [0.15, 0.2) is 0 Å². The Kier molecular flexibility index (Phi) is 14.6. The van der Waals surface area contributed by atoms with E-state index >= 15 is 0 Å². The standard InChI is InChI=1S/C23H40N2O8/c1-16(2)19(26)30-10-12-32-21(28)24-9-8-23(6,7)14-18(5)15-25-22(29)33-13-11-31-20(27)17(3)4/h17-18H,1,8-15H2,2-7H3,(H,24,28)(H,25,29). The smallest absolute Gasteiger partial charge is 0.407 e. The Morgan fingerprint density at radius 3 is 1.91 bits per heavy atom. The van der Waals surface area contributed by atoms with Gasteiger partial charge in [-0.25, -0.2) is 14.4 Å². The molecule has 0 spiro atoms. The second-order valence-corrected chi connectivity index (χ2v) is 9.04. The van der Waals surface area contributed by atoms with Crippen molar-refractivity contribution >= 4 is 24.1 Å². The predicted molar refractivity (Wildman–Crippen MR) is 122 cm³/mol. The SMILES string of the molecule is C=C(C)C(=O)OCCOC(=O)NCCC(C)(C)CC(C)CNC(=O)OCCOC(=O)C(C)C. The van der Waals surface area contributed by atoms with Crippen LogP contribution in [0.3, 0.4) is 0 Å². The van der Waals surface area contributed by atoms with Crippen molar-refractivity contribution in [1.82, 2.24) is 10.6 Å². The maximum Gasteiger partial charge on any atom is 0.407 e. The van der Waals surface area contributed by atoms with E-state index in [-0.39, 0.29) is 55.2 Å². The molecule has 2 N–H and O–H groups in total. The Balaban J connectivity index is 3.96. The van der Waals surface area contributed by atoms with E-state index in [1.165, 1.54) is 6.92 Å². The van der Waals surface area contributed by atoms with Gasteiger partial charge < -0.3 is 29.6 Å². The number of carbonyl (C=O) groups is 4. The molecular weight excluding hydrogens is 432 g/mol. The monoisotopic (exact) mass is 472 g/mol. The van der Waals surface area contributed by atoms with Gasteiger partial charge in [-0.1, -0.05) is 41.2 Å². The van der Waals surface area contributed by atoms with E-state index in [0.29, 0.717) is 19.5 Å². The molecule has 0 rings (SSSR count). The molecule has 0 aromatic rings. The van der Waals surface area contributed by atoms with Crippen molar-refractivity contribution in [2.75, 3.05) is 39.5 Å². The van der Waals surface area contributed by atoms with Gasteiger partial charge in [0.2, 0.25) is 0 Å². The van der Waals surface area contributed by atoms with Crippen LogP contribution in [0.15, 0.2) is 12.2 Å². The van der Waals surface area contributed by atoms with Crippen LogP contribution in [0.2, 0.25) is 0 Å².